The molecule has 2 aliphatic rings. The number of methoxy groups -OCH3 is 1. The van der Waals surface area contributed by atoms with Crippen LogP contribution < -0.4 is 4.84 Å². The average molecular weight is 204 g/mol. The van der Waals surface area contributed by atoms with Gasteiger partial charge in [0.25, 0.3) is 0 Å². The maximum atomic E-state index is 11.5. The number of ether oxygens (including phenoxy) is 1. The Morgan fingerprint density at radius 1 is 1.46 bits per heavy atom. The molecule has 0 spiro atoms. The second kappa shape index (κ2) is 3.46. The van der Waals surface area contributed by atoms with Crippen molar-refractivity contribution in [2.24, 2.45) is 17.8 Å². The van der Waals surface area contributed by atoms with Crippen LogP contribution >= 0.6 is 11.8 Å². The SMILES string of the molecule is COC(=O)[C@H]1[C@H]2CC[C@H](C2)[C@H]1NCl. The highest BCUT2D eigenvalue weighted by atomic mass is 35.5. The summed E-state index contributed by atoms with van der Waals surface area (Å²) in [4.78, 5) is 14.2. The van der Waals surface area contributed by atoms with Gasteiger partial charge in [-0.15, -0.1) is 0 Å². The molecule has 74 valence electrons. The highest BCUT2D eigenvalue weighted by Crippen LogP contribution is 2.48. The lowest BCUT2D eigenvalue weighted by Crippen LogP contribution is -2.40. The number of hydrogen-bond donors (Lipinski definition) is 1. The summed E-state index contributed by atoms with van der Waals surface area (Å²) < 4.78 is 4.78. The van der Waals surface area contributed by atoms with Crippen LogP contribution in [-0.4, -0.2) is 19.1 Å². The molecule has 2 aliphatic carbocycles. The van der Waals surface area contributed by atoms with Crippen molar-refractivity contribution in [3.63, 3.8) is 0 Å². The summed E-state index contributed by atoms with van der Waals surface area (Å²) in [5.41, 5.74) is 0. The van der Waals surface area contributed by atoms with Gasteiger partial charge < -0.3 is 4.74 Å². The van der Waals surface area contributed by atoms with Crippen molar-refractivity contribution < 1.29 is 9.53 Å². The lowest BCUT2D eigenvalue weighted by atomic mass is 9.85. The summed E-state index contributed by atoms with van der Waals surface area (Å²) >= 11 is 5.64. The summed E-state index contributed by atoms with van der Waals surface area (Å²) in [6.07, 6.45) is 3.48. The van der Waals surface area contributed by atoms with Crippen molar-refractivity contribution in [1.82, 2.24) is 4.84 Å². The molecule has 0 radical (unpaired) electrons. The van der Waals surface area contributed by atoms with Crippen LogP contribution in [0.25, 0.3) is 0 Å². The third-order valence-corrected chi connectivity index (χ3v) is 3.77. The number of hydrogen-bond acceptors (Lipinski definition) is 3. The summed E-state index contributed by atoms with van der Waals surface area (Å²) in [6.45, 7) is 0. The molecule has 4 atom stereocenters. The van der Waals surface area contributed by atoms with E-state index in [1.807, 2.05) is 0 Å². The first-order valence-corrected chi connectivity index (χ1v) is 5.09. The molecule has 0 unspecified atom stereocenters. The molecule has 0 heterocycles. The number of fused-ring (bicyclic) bond motifs is 2. The van der Waals surface area contributed by atoms with Gasteiger partial charge in [-0.2, -0.15) is 0 Å². The number of nitrogens with one attached hydrogen (secondary N) is 1. The van der Waals surface area contributed by atoms with Crippen molar-refractivity contribution in [2.45, 2.75) is 25.3 Å². The number of esters is 1. The summed E-state index contributed by atoms with van der Waals surface area (Å²) in [5.74, 6) is 0.951. The van der Waals surface area contributed by atoms with Gasteiger partial charge in [-0.05, 0) is 42.9 Å². The normalized spacial score (nSPS) is 42.3. The minimum absolute atomic E-state index is 0.0127. The first-order valence-electron chi connectivity index (χ1n) is 4.72. The maximum absolute atomic E-state index is 11.5. The standard InChI is InChI=1S/C9H14ClNO2/c1-13-9(12)7-5-2-3-6(4-5)8(7)11-10/h5-8,11H,2-4H2,1H3/t5-,6+,7-,8+/m0/s1. The van der Waals surface area contributed by atoms with Gasteiger partial charge in [0.2, 0.25) is 0 Å². The van der Waals surface area contributed by atoms with Gasteiger partial charge in [0, 0.05) is 6.04 Å². The van der Waals surface area contributed by atoms with Crippen molar-refractivity contribution >= 4 is 17.7 Å². The maximum Gasteiger partial charge on any atom is 0.310 e. The molecule has 3 nitrogen and oxygen atoms in total. The second-order valence-electron chi connectivity index (χ2n) is 4.02. The van der Waals surface area contributed by atoms with E-state index in [1.54, 1.807) is 0 Å². The molecule has 0 aromatic carbocycles. The lowest BCUT2D eigenvalue weighted by Gasteiger charge is -2.27. The van der Waals surface area contributed by atoms with Crippen molar-refractivity contribution in [3.05, 3.63) is 0 Å². The quantitative estimate of drug-likeness (QED) is 0.544. The fourth-order valence-electron chi connectivity index (χ4n) is 2.92. The Balaban J connectivity index is 2.13. The summed E-state index contributed by atoms with van der Waals surface area (Å²) in [5, 5.41) is 0. The molecule has 0 saturated heterocycles. The van der Waals surface area contributed by atoms with E-state index in [9.17, 15) is 4.79 Å². The van der Waals surface area contributed by atoms with Crippen molar-refractivity contribution in [2.75, 3.05) is 7.11 Å². The van der Waals surface area contributed by atoms with Gasteiger partial charge in [0.15, 0.2) is 0 Å². The molecule has 2 rings (SSSR count). The number of carbonyl (C=O) groups is 1. The lowest BCUT2D eigenvalue weighted by molar-refractivity contribution is -0.148. The molecular weight excluding hydrogens is 190 g/mol. The van der Waals surface area contributed by atoms with Gasteiger partial charge in [-0.1, -0.05) is 0 Å². The number of rotatable bonds is 2. The minimum atomic E-state index is -0.106. The highest BCUT2D eigenvalue weighted by Gasteiger charge is 2.51. The number of carbonyl (C=O) groups excluding carboxylic acids is 1. The Morgan fingerprint density at radius 3 is 2.77 bits per heavy atom. The third-order valence-electron chi connectivity index (χ3n) is 3.52. The van der Waals surface area contributed by atoms with Gasteiger partial charge in [-0.3, -0.25) is 4.79 Å². The predicted octanol–water partition coefficient (Wildman–Crippen LogP) is 1.32. The second-order valence-corrected chi connectivity index (χ2v) is 4.24. The van der Waals surface area contributed by atoms with Crippen molar-refractivity contribution in [3.8, 4) is 0 Å². The molecule has 0 aromatic rings. The molecule has 0 amide bonds. The van der Waals surface area contributed by atoms with E-state index >= 15 is 0 Å². The van der Waals surface area contributed by atoms with Gasteiger partial charge >= 0.3 is 5.97 Å². The van der Waals surface area contributed by atoms with Crippen LogP contribution in [0.1, 0.15) is 19.3 Å². The van der Waals surface area contributed by atoms with Crippen LogP contribution in [0.5, 0.6) is 0 Å². The van der Waals surface area contributed by atoms with Crippen LogP contribution in [0.2, 0.25) is 0 Å². The Morgan fingerprint density at radius 2 is 2.15 bits per heavy atom. The van der Waals surface area contributed by atoms with E-state index in [2.05, 4.69) is 4.84 Å². The molecule has 2 saturated carbocycles. The van der Waals surface area contributed by atoms with Gasteiger partial charge in [0.1, 0.15) is 0 Å². The Bertz CT molecular complexity index is 222. The zero-order valence-corrected chi connectivity index (χ0v) is 8.38. The summed E-state index contributed by atoms with van der Waals surface area (Å²) in [6, 6.07) is 0.132. The topological polar surface area (TPSA) is 38.3 Å². The van der Waals surface area contributed by atoms with Crippen LogP contribution in [0, 0.1) is 17.8 Å². The van der Waals surface area contributed by atoms with E-state index in [0.717, 1.165) is 12.8 Å². The molecule has 0 aliphatic heterocycles. The van der Waals surface area contributed by atoms with Crippen molar-refractivity contribution in [1.29, 1.82) is 0 Å². The number of halogens is 1. The van der Waals surface area contributed by atoms with Crippen LogP contribution in [0.15, 0.2) is 0 Å². The van der Waals surface area contributed by atoms with Crippen LogP contribution in [0.4, 0.5) is 0 Å². The largest absolute Gasteiger partial charge is 0.469 e. The van der Waals surface area contributed by atoms with E-state index < -0.39 is 0 Å². The Kier molecular flexibility index (Phi) is 2.47. The van der Waals surface area contributed by atoms with E-state index in [-0.39, 0.29) is 17.9 Å². The predicted molar refractivity (Wildman–Crippen MR) is 49.1 cm³/mol. The summed E-state index contributed by atoms with van der Waals surface area (Å²) in [7, 11) is 1.44. The van der Waals surface area contributed by atoms with Gasteiger partial charge in [-0.25, -0.2) is 4.84 Å². The van der Waals surface area contributed by atoms with E-state index in [0.29, 0.717) is 11.8 Å². The van der Waals surface area contributed by atoms with E-state index in [4.69, 9.17) is 16.5 Å². The molecule has 13 heavy (non-hydrogen) atoms. The van der Waals surface area contributed by atoms with E-state index in [1.165, 1.54) is 13.5 Å². The molecule has 0 aromatic heterocycles. The monoisotopic (exact) mass is 203 g/mol. The fourth-order valence-corrected chi connectivity index (χ4v) is 3.24. The first-order chi connectivity index (χ1) is 6.27. The third kappa shape index (κ3) is 1.34. The molecular formula is C9H14ClNO2. The molecule has 2 bridgehead atoms. The molecule has 1 N–H and O–H groups in total. The average Bonchev–Trinajstić information content (AvgIpc) is 2.74. The van der Waals surface area contributed by atoms with Crippen LogP contribution in [-0.2, 0) is 9.53 Å². The Labute approximate surface area is 82.9 Å². The smallest absolute Gasteiger partial charge is 0.310 e. The van der Waals surface area contributed by atoms with Crippen LogP contribution in [0.3, 0.4) is 0 Å². The zero-order chi connectivity index (χ0) is 9.42. The minimum Gasteiger partial charge on any atom is -0.469 e. The molecule has 4 heteroatoms. The van der Waals surface area contributed by atoms with Gasteiger partial charge in [0.05, 0.1) is 13.0 Å². The first kappa shape index (κ1) is 9.28. The highest BCUT2D eigenvalue weighted by molar-refractivity contribution is 6.13. The Hall–Kier alpha value is -0.280. The zero-order valence-electron chi connectivity index (χ0n) is 7.63. The fraction of sp³-hybridized carbons (Fsp3) is 0.889. The molecule has 2 fully saturated rings.